The van der Waals surface area contributed by atoms with Gasteiger partial charge >= 0.3 is 0 Å². The molecule has 5 heteroatoms. The van der Waals surface area contributed by atoms with E-state index >= 15 is 0 Å². The summed E-state index contributed by atoms with van der Waals surface area (Å²) >= 11 is 0. The summed E-state index contributed by atoms with van der Waals surface area (Å²) in [5, 5.41) is 6.82. The Bertz CT molecular complexity index is 516. The molecule has 0 aliphatic carbocycles. The summed E-state index contributed by atoms with van der Waals surface area (Å²) in [7, 11) is 0. The number of carbonyl (C=O) groups excluding carboxylic acids is 1. The Hall–Kier alpha value is -2.30. The van der Waals surface area contributed by atoms with Gasteiger partial charge in [0.2, 0.25) is 5.91 Å². The third-order valence-corrected chi connectivity index (χ3v) is 2.26. The molecular formula is C12H14N4O. The quantitative estimate of drug-likeness (QED) is 0.783. The maximum atomic E-state index is 11.7. The molecule has 0 radical (unpaired) electrons. The van der Waals surface area contributed by atoms with Gasteiger partial charge in [0.1, 0.15) is 6.54 Å². The molecule has 0 spiro atoms. The average molecular weight is 230 g/mol. The van der Waals surface area contributed by atoms with Crippen molar-refractivity contribution < 1.29 is 4.79 Å². The Labute approximate surface area is 99.2 Å². The number of nitrogens with one attached hydrogen (secondary N) is 1. The van der Waals surface area contributed by atoms with Crippen molar-refractivity contribution in [2.75, 3.05) is 11.1 Å². The first-order chi connectivity index (χ1) is 8.13. The van der Waals surface area contributed by atoms with Crippen LogP contribution in [0.2, 0.25) is 0 Å². The number of hydrogen-bond donors (Lipinski definition) is 2. The molecule has 0 aliphatic rings. The molecule has 0 saturated carbocycles. The molecule has 0 aliphatic heterocycles. The first-order valence-electron chi connectivity index (χ1n) is 5.28. The molecular weight excluding hydrogens is 216 g/mol. The van der Waals surface area contributed by atoms with Crippen LogP contribution in [-0.2, 0) is 11.3 Å². The van der Waals surface area contributed by atoms with Gasteiger partial charge in [0.25, 0.3) is 0 Å². The van der Waals surface area contributed by atoms with E-state index in [4.69, 9.17) is 5.73 Å². The Morgan fingerprint density at radius 2 is 2.12 bits per heavy atom. The fraction of sp³-hybridized carbons (Fsp3) is 0.167. The van der Waals surface area contributed by atoms with Crippen LogP contribution in [0.3, 0.4) is 0 Å². The number of amides is 1. The minimum Gasteiger partial charge on any atom is -0.399 e. The standard InChI is InChI=1S/C12H14N4O/c1-9-6-14-16(7-9)8-12(17)15-11-4-2-10(13)3-5-11/h2-7H,8,13H2,1H3,(H,15,17). The van der Waals surface area contributed by atoms with E-state index in [1.165, 1.54) is 0 Å². The second-order valence-electron chi connectivity index (χ2n) is 3.89. The lowest BCUT2D eigenvalue weighted by Gasteiger charge is -2.05. The number of benzene rings is 1. The summed E-state index contributed by atoms with van der Waals surface area (Å²) in [5.74, 6) is -0.113. The summed E-state index contributed by atoms with van der Waals surface area (Å²) < 4.78 is 1.60. The van der Waals surface area contributed by atoms with Gasteiger partial charge in [0.15, 0.2) is 0 Å². The number of anilines is 2. The van der Waals surface area contributed by atoms with Gasteiger partial charge in [0, 0.05) is 17.6 Å². The highest BCUT2D eigenvalue weighted by Gasteiger charge is 2.04. The van der Waals surface area contributed by atoms with E-state index < -0.39 is 0 Å². The minimum absolute atomic E-state index is 0.113. The van der Waals surface area contributed by atoms with Crippen molar-refractivity contribution in [1.82, 2.24) is 9.78 Å². The van der Waals surface area contributed by atoms with E-state index in [2.05, 4.69) is 10.4 Å². The first-order valence-corrected chi connectivity index (χ1v) is 5.28. The SMILES string of the molecule is Cc1cnn(CC(=O)Nc2ccc(N)cc2)c1. The van der Waals surface area contributed by atoms with Crippen LogP contribution in [0.5, 0.6) is 0 Å². The molecule has 0 bridgehead atoms. The van der Waals surface area contributed by atoms with Gasteiger partial charge in [-0.1, -0.05) is 0 Å². The summed E-state index contributed by atoms with van der Waals surface area (Å²) in [6.07, 6.45) is 3.54. The van der Waals surface area contributed by atoms with Gasteiger partial charge in [-0.3, -0.25) is 9.48 Å². The van der Waals surface area contributed by atoms with Crippen LogP contribution in [0.25, 0.3) is 0 Å². The van der Waals surface area contributed by atoms with E-state index in [0.717, 1.165) is 11.3 Å². The summed E-state index contributed by atoms with van der Waals surface area (Å²) in [6.45, 7) is 2.14. The molecule has 3 N–H and O–H groups in total. The van der Waals surface area contributed by atoms with Crippen molar-refractivity contribution in [2.45, 2.75) is 13.5 Å². The van der Waals surface area contributed by atoms with Crippen LogP contribution in [0, 0.1) is 6.92 Å². The normalized spacial score (nSPS) is 10.2. The number of nitrogens with two attached hydrogens (primary N) is 1. The maximum absolute atomic E-state index is 11.7. The molecule has 1 aromatic heterocycles. The summed E-state index contributed by atoms with van der Waals surface area (Å²) in [5.41, 5.74) is 7.99. The lowest BCUT2D eigenvalue weighted by Crippen LogP contribution is -2.18. The van der Waals surface area contributed by atoms with Crippen LogP contribution in [0.4, 0.5) is 11.4 Å². The van der Waals surface area contributed by atoms with Crippen molar-refractivity contribution in [3.8, 4) is 0 Å². The van der Waals surface area contributed by atoms with E-state index in [-0.39, 0.29) is 12.5 Å². The number of aromatic nitrogens is 2. The van der Waals surface area contributed by atoms with E-state index in [9.17, 15) is 4.79 Å². The molecule has 1 aromatic carbocycles. The molecule has 2 aromatic rings. The lowest BCUT2D eigenvalue weighted by molar-refractivity contribution is -0.116. The zero-order valence-electron chi connectivity index (χ0n) is 9.55. The van der Waals surface area contributed by atoms with E-state index in [1.54, 1.807) is 35.1 Å². The predicted molar refractivity (Wildman–Crippen MR) is 66.4 cm³/mol. The zero-order chi connectivity index (χ0) is 12.3. The fourth-order valence-corrected chi connectivity index (χ4v) is 1.47. The molecule has 1 heterocycles. The van der Waals surface area contributed by atoms with Crippen molar-refractivity contribution in [3.63, 3.8) is 0 Å². The minimum atomic E-state index is -0.113. The van der Waals surface area contributed by atoms with Gasteiger partial charge in [-0.15, -0.1) is 0 Å². The number of hydrogen-bond acceptors (Lipinski definition) is 3. The Balaban J connectivity index is 1.95. The highest BCUT2D eigenvalue weighted by atomic mass is 16.2. The monoisotopic (exact) mass is 230 g/mol. The third-order valence-electron chi connectivity index (χ3n) is 2.26. The van der Waals surface area contributed by atoms with Crippen molar-refractivity contribution in [3.05, 3.63) is 42.2 Å². The molecule has 0 saturated heterocycles. The zero-order valence-corrected chi connectivity index (χ0v) is 9.55. The summed E-state index contributed by atoms with van der Waals surface area (Å²) in [4.78, 5) is 11.7. The van der Waals surface area contributed by atoms with E-state index in [0.29, 0.717) is 5.69 Å². The molecule has 0 unspecified atom stereocenters. The van der Waals surface area contributed by atoms with Crippen LogP contribution in [0.1, 0.15) is 5.56 Å². The van der Waals surface area contributed by atoms with Gasteiger partial charge in [-0.2, -0.15) is 5.10 Å². The molecule has 5 nitrogen and oxygen atoms in total. The first kappa shape index (κ1) is 11.2. The number of rotatable bonds is 3. The van der Waals surface area contributed by atoms with Crippen molar-refractivity contribution in [1.29, 1.82) is 0 Å². The van der Waals surface area contributed by atoms with Crippen LogP contribution < -0.4 is 11.1 Å². The molecule has 2 rings (SSSR count). The van der Waals surface area contributed by atoms with Crippen molar-refractivity contribution >= 4 is 17.3 Å². The molecule has 17 heavy (non-hydrogen) atoms. The summed E-state index contributed by atoms with van der Waals surface area (Å²) in [6, 6.07) is 7.02. The molecule has 0 fully saturated rings. The number of carbonyl (C=O) groups is 1. The van der Waals surface area contributed by atoms with Gasteiger partial charge in [-0.05, 0) is 36.8 Å². The second kappa shape index (κ2) is 4.69. The second-order valence-corrected chi connectivity index (χ2v) is 3.89. The van der Waals surface area contributed by atoms with Crippen molar-refractivity contribution in [2.24, 2.45) is 0 Å². The topological polar surface area (TPSA) is 72.9 Å². The predicted octanol–water partition coefficient (Wildman–Crippen LogP) is 1.41. The number of nitrogen functional groups attached to an aromatic ring is 1. The fourth-order valence-electron chi connectivity index (χ4n) is 1.47. The molecule has 88 valence electrons. The highest BCUT2D eigenvalue weighted by molar-refractivity contribution is 5.90. The number of nitrogens with zero attached hydrogens (tertiary/aromatic N) is 2. The Morgan fingerprint density at radius 3 is 2.71 bits per heavy atom. The van der Waals surface area contributed by atoms with Crippen LogP contribution in [-0.4, -0.2) is 15.7 Å². The van der Waals surface area contributed by atoms with Crippen LogP contribution in [0.15, 0.2) is 36.7 Å². The Morgan fingerprint density at radius 1 is 1.41 bits per heavy atom. The lowest BCUT2D eigenvalue weighted by atomic mass is 10.3. The third kappa shape index (κ3) is 3.07. The van der Waals surface area contributed by atoms with Crippen LogP contribution >= 0.6 is 0 Å². The highest BCUT2D eigenvalue weighted by Crippen LogP contribution is 2.10. The largest absolute Gasteiger partial charge is 0.399 e. The average Bonchev–Trinajstić information content (AvgIpc) is 2.67. The molecule has 1 amide bonds. The smallest absolute Gasteiger partial charge is 0.246 e. The molecule has 0 atom stereocenters. The Kier molecular flexibility index (Phi) is 3.09. The van der Waals surface area contributed by atoms with Gasteiger partial charge in [0.05, 0.1) is 6.20 Å². The maximum Gasteiger partial charge on any atom is 0.246 e. The van der Waals surface area contributed by atoms with Gasteiger partial charge in [-0.25, -0.2) is 0 Å². The van der Waals surface area contributed by atoms with E-state index in [1.807, 2.05) is 13.1 Å². The number of aryl methyl sites for hydroxylation is 1. The van der Waals surface area contributed by atoms with Gasteiger partial charge < -0.3 is 11.1 Å².